The zero-order chi connectivity index (χ0) is 14.5. The smallest absolute Gasteiger partial charge is 0.185 e. The van der Waals surface area contributed by atoms with Crippen molar-refractivity contribution in [3.05, 3.63) is 10.6 Å². The molecule has 1 aromatic rings. The molecule has 1 N–H and O–H groups in total. The van der Waals surface area contributed by atoms with Crippen molar-refractivity contribution < 1.29 is 4.74 Å². The maximum atomic E-state index is 5.10. The molecule has 1 aliphatic heterocycles. The molecule has 0 bridgehead atoms. The van der Waals surface area contributed by atoms with E-state index in [-0.39, 0.29) is 0 Å². The van der Waals surface area contributed by atoms with Gasteiger partial charge in [-0.25, -0.2) is 4.98 Å². The van der Waals surface area contributed by atoms with E-state index in [0.717, 1.165) is 32.2 Å². The second-order valence-corrected chi connectivity index (χ2v) is 7.99. The highest BCUT2D eigenvalue weighted by Gasteiger charge is 2.30. The summed E-state index contributed by atoms with van der Waals surface area (Å²) >= 11 is 3.98. The summed E-state index contributed by atoms with van der Waals surface area (Å²) in [4.78, 5) is 8.94. The Morgan fingerprint density at radius 2 is 2.24 bits per heavy atom. The van der Waals surface area contributed by atoms with Gasteiger partial charge in [-0.1, -0.05) is 0 Å². The van der Waals surface area contributed by atoms with Crippen molar-refractivity contribution in [1.82, 2.24) is 10.3 Å². The topological polar surface area (TPSA) is 37.4 Å². The predicted molar refractivity (Wildman–Crippen MR) is 91.8 cm³/mol. The van der Waals surface area contributed by atoms with Gasteiger partial charge in [-0.15, -0.1) is 11.3 Å². The van der Waals surface area contributed by atoms with E-state index < -0.39 is 0 Å². The van der Waals surface area contributed by atoms with Crippen LogP contribution in [0.15, 0.2) is 0 Å². The highest BCUT2D eigenvalue weighted by Crippen LogP contribution is 2.44. The largest absolute Gasteiger partial charge is 0.383 e. The monoisotopic (exact) mass is 327 g/mol. The van der Waals surface area contributed by atoms with Crippen LogP contribution in [0, 0.1) is 0 Å². The minimum atomic E-state index is 0.732. The number of thioether (sulfide) groups is 1. The van der Waals surface area contributed by atoms with Crippen LogP contribution in [-0.2, 0) is 11.3 Å². The Labute approximate surface area is 135 Å². The molecule has 118 valence electrons. The van der Waals surface area contributed by atoms with Crippen molar-refractivity contribution >= 4 is 28.2 Å². The molecule has 1 saturated carbocycles. The van der Waals surface area contributed by atoms with Gasteiger partial charge in [-0.05, 0) is 25.0 Å². The molecule has 4 nitrogen and oxygen atoms in total. The van der Waals surface area contributed by atoms with Gasteiger partial charge in [0.15, 0.2) is 5.13 Å². The minimum Gasteiger partial charge on any atom is -0.383 e. The van der Waals surface area contributed by atoms with Crippen LogP contribution < -0.4 is 10.2 Å². The third-order valence-electron chi connectivity index (χ3n) is 3.94. The summed E-state index contributed by atoms with van der Waals surface area (Å²) in [5.41, 5.74) is 1.37. The van der Waals surface area contributed by atoms with Crippen LogP contribution in [0.2, 0.25) is 0 Å². The van der Waals surface area contributed by atoms with Crippen LogP contribution in [0.5, 0.6) is 0 Å². The molecule has 1 aromatic heterocycles. The summed E-state index contributed by atoms with van der Waals surface area (Å²) in [6, 6.07) is 0. The lowest BCUT2D eigenvalue weighted by molar-refractivity contribution is 0.199. The van der Waals surface area contributed by atoms with Gasteiger partial charge in [0.2, 0.25) is 0 Å². The molecule has 0 spiro atoms. The van der Waals surface area contributed by atoms with Gasteiger partial charge in [-0.3, -0.25) is 0 Å². The van der Waals surface area contributed by atoms with Crippen LogP contribution in [0.3, 0.4) is 0 Å². The van der Waals surface area contributed by atoms with Gasteiger partial charge in [-0.2, -0.15) is 11.8 Å². The van der Waals surface area contributed by atoms with Gasteiger partial charge in [0.25, 0.3) is 0 Å². The van der Waals surface area contributed by atoms with Crippen LogP contribution in [0.1, 0.15) is 35.8 Å². The van der Waals surface area contributed by atoms with E-state index in [2.05, 4.69) is 22.0 Å². The first-order chi connectivity index (χ1) is 10.4. The molecule has 6 heteroatoms. The van der Waals surface area contributed by atoms with E-state index in [0.29, 0.717) is 0 Å². The third kappa shape index (κ3) is 4.34. The summed E-state index contributed by atoms with van der Waals surface area (Å²) in [6.45, 7) is 4.94. The quantitative estimate of drug-likeness (QED) is 0.780. The molecule has 1 saturated heterocycles. The Kier molecular flexibility index (Phi) is 5.80. The van der Waals surface area contributed by atoms with E-state index >= 15 is 0 Å². The molecule has 2 aliphatic rings. The highest BCUT2D eigenvalue weighted by atomic mass is 32.2. The molecule has 0 atom stereocenters. The van der Waals surface area contributed by atoms with Crippen molar-refractivity contribution in [2.75, 3.05) is 49.8 Å². The number of nitrogens with one attached hydrogen (secondary N) is 1. The summed E-state index contributed by atoms with van der Waals surface area (Å²) in [5.74, 6) is 3.26. The number of methoxy groups -OCH3 is 1. The molecule has 3 rings (SSSR count). The molecule has 2 heterocycles. The van der Waals surface area contributed by atoms with Crippen molar-refractivity contribution in [3.63, 3.8) is 0 Å². The van der Waals surface area contributed by atoms with Gasteiger partial charge < -0.3 is 15.0 Å². The fourth-order valence-electron chi connectivity index (χ4n) is 2.60. The van der Waals surface area contributed by atoms with Crippen LogP contribution in [-0.4, -0.2) is 49.8 Å². The van der Waals surface area contributed by atoms with E-state index in [4.69, 9.17) is 9.72 Å². The average Bonchev–Trinajstić information content (AvgIpc) is 3.29. The Balaban J connectivity index is 1.66. The fraction of sp³-hybridized carbons (Fsp3) is 0.800. The maximum absolute atomic E-state index is 5.10. The van der Waals surface area contributed by atoms with Gasteiger partial charge in [0.1, 0.15) is 0 Å². The van der Waals surface area contributed by atoms with Crippen molar-refractivity contribution in [2.45, 2.75) is 31.7 Å². The number of nitrogens with zero attached hydrogens (tertiary/aromatic N) is 2. The van der Waals surface area contributed by atoms with E-state index in [1.807, 2.05) is 11.3 Å². The van der Waals surface area contributed by atoms with Gasteiger partial charge in [0.05, 0.1) is 12.3 Å². The first-order valence-electron chi connectivity index (χ1n) is 7.90. The third-order valence-corrected chi connectivity index (χ3v) is 6.12. The van der Waals surface area contributed by atoms with E-state index in [1.54, 1.807) is 7.11 Å². The lowest BCUT2D eigenvalue weighted by atomic mass is 10.2. The predicted octanol–water partition coefficient (Wildman–Crippen LogP) is 2.70. The normalized spacial score (nSPS) is 19.8. The minimum absolute atomic E-state index is 0.732. The summed E-state index contributed by atoms with van der Waals surface area (Å²) in [7, 11) is 1.75. The summed E-state index contributed by atoms with van der Waals surface area (Å²) in [6.07, 6.45) is 3.93. The Morgan fingerprint density at radius 1 is 1.33 bits per heavy atom. The van der Waals surface area contributed by atoms with Crippen molar-refractivity contribution in [2.24, 2.45) is 0 Å². The molecule has 21 heavy (non-hydrogen) atoms. The zero-order valence-electron chi connectivity index (χ0n) is 12.8. The lowest BCUT2D eigenvalue weighted by Gasteiger charge is -2.18. The summed E-state index contributed by atoms with van der Waals surface area (Å²) in [5, 5.41) is 4.73. The fourth-order valence-corrected chi connectivity index (χ4v) is 4.66. The number of hydrogen-bond donors (Lipinski definition) is 1. The molecule has 2 fully saturated rings. The van der Waals surface area contributed by atoms with Crippen molar-refractivity contribution in [3.8, 4) is 0 Å². The van der Waals surface area contributed by atoms with Crippen LogP contribution >= 0.6 is 23.1 Å². The highest BCUT2D eigenvalue weighted by molar-refractivity contribution is 7.99. The Bertz CT molecular complexity index is 440. The van der Waals surface area contributed by atoms with Crippen LogP contribution in [0.4, 0.5) is 5.13 Å². The second kappa shape index (κ2) is 7.81. The Hall–Kier alpha value is -0.300. The summed E-state index contributed by atoms with van der Waals surface area (Å²) < 4.78 is 5.10. The standard InChI is InChI=1S/C15H25N3OS2/c1-19-8-5-16-11-13-14(12-3-4-12)17-15(21-13)18-6-2-9-20-10-7-18/h12,16H,2-11H2,1H3. The number of hydrogen-bond acceptors (Lipinski definition) is 6. The Morgan fingerprint density at radius 3 is 3.05 bits per heavy atom. The van der Waals surface area contributed by atoms with Crippen LogP contribution in [0.25, 0.3) is 0 Å². The number of ether oxygens (including phenoxy) is 1. The number of rotatable bonds is 7. The molecule has 0 unspecified atom stereocenters. The van der Waals surface area contributed by atoms with E-state index in [1.165, 1.54) is 53.0 Å². The second-order valence-electron chi connectivity index (χ2n) is 5.70. The molecular weight excluding hydrogens is 302 g/mol. The molecule has 0 radical (unpaired) electrons. The molecule has 0 amide bonds. The zero-order valence-corrected chi connectivity index (χ0v) is 14.4. The average molecular weight is 328 g/mol. The van der Waals surface area contributed by atoms with Crippen molar-refractivity contribution in [1.29, 1.82) is 0 Å². The molecule has 1 aliphatic carbocycles. The SMILES string of the molecule is COCCNCc1sc(N2CCCSCC2)nc1C1CC1. The first kappa shape index (κ1) is 15.6. The first-order valence-corrected chi connectivity index (χ1v) is 9.87. The number of thiazole rings is 1. The number of aromatic nitrogens is 1. The number of anilines is 1. The maximum Gasteiger partial charge on any atom is 0.185 e. The molecular formula is C15H25N3OS2. The molecule has 0 aromatic carbocycles. The van der Waals surface area contributed by atoms with Gasteiger partial charge >= 0.3 is 0 Å². The van der Waals surface area contributed by atoms with E-state index in [9.17, 15) is 0 Å². The van der Waals surface area contributed by atoms with Gasteiger partial charge in [0, 0.05) is 49.8 Å². The lowest BCUT2D eigenvalue weighted by Crippen LogP contribution is -2.25.